The summed E-state index contributed by atoms with van der Waals surface area (Å²) in [6.45, 7) is 1.59. The number of anilines is 1. The Morgan fingerprint density at radius 3 is 2.73 bits per heavy atom. The maximum atomic E-state index is 11.1. The second-order valence-electron chi connectivity index (χ2n) is 2.97. The zero-order chi connectivity index (χ0) is 11.4. The van der Waals surface area contributed by atoms with Crippen molar-refractivity contribution in [1.82, 2.24) is 0 Å². The number of methoxy groups -OCH3 is 1. The number of carbonyl (C=O) groups is 1. The van der Waals surface area contributed by atoms with Crippen molar-refractivity contribution in [2.24, 2.45) is 0 Å². The van der Waals surface area contributed by atoms with E-state index in [1.54, 1.807) is 25.1 Å². The molecule has 4 nitrogen and oxygen atoms in total. The van der Waals surface area contributed by atoms with Crippen LogP contribution >= 0.6 is 11.6 Å². The van der Waals surface area contributed by atoms with Crippen molar-refractivity contribution >= 4 is 23.3 Å². The first-order valence-electron chi connectivity index (χ1n) is 4.34. The van der Waals surface area contributed by atoms with Gasteiger partial charge in [-0.25, -0.2) is 4.79 Å². The predicted octanol–water partition coefficient (Wildman–Crippen LogP) is 1.86. The highest BCUT2D eigenvalue weighted by Crippen LogP contribution is 2.24. The Labute approximate surface area is 92.9 Å². The van der Waals surface area contributed by atoms with Crippen molar-refractivity contribution in [3.05, 3.63) is 23.2 Å². The molecule has 1 atom stereocenters. The summed E-state index contributed by atoms with van der Waals surface area (Å²) in [6.07, 6.45) is -0.672. The molecule has 0 bridgehead atoms. The molecule has 1 aromatic rings. The number of carbonyl (C=O) groups excluding carboxylic acids is 1. The highest BCUT2D eigenvalue weighted by molar-refractivity contribution is 6.33. The molecule has 0 spiro atoms. The predicted molar refractivity (Wildman–Crippen MR) is 58.0 cm³/mol. The first kappa shape index (κ1) is 11.7. The average Bonchev–Trinajstić information content (AvgIpc) is 2.22. The minimum atomic E-state index is -0.672. The van der Waals surface area contributed by atoms with Gasteiger partial charge in [-0.15, -0.1) is 0 Å². The molecule has 5 heteroatoms. The third-order valence-corrected chi connectivity index (χ3v) is 2.15. The van der Waals surface area contributed by atoms with E-state index in [0.717, 1.165) is 0 Å². The summed E-state index contributed by atoms with van der Waals surface area (Å²) in [5.41, 5.74) is 5.99. The molecule has 0 fully saturated rings. The van der Waals surface area contributed by atoms with Crippen molar-refractivity contribution in [3.63, 3.8) is 0 Å². The molecule has 0 saturated heterocycles. The van der Waals surface area contributed by atoms with Crippen molar-refractivity contribution < 1.29 is 14.3 Å². The molecular weight excluding hydrogens is 218 g/mol. The van der Waals surface area contributed by atoms with E-state index >= 15 is 0 Å². The Balaban J connectivity index is 2.73. The van der Waals surface area contributed by atoms with Gasteiger partial charge in [0, 0.05) is 6.07 Å². The lowest BCUT2D eigenvalue weighted by Crippen LogP contribution is -2.24. The molecule has 0 radical (unpaired) electrons. The van der Waals surface area contributed by atoms with E-state index < -0.39 is 12.1 Å². The van der Waals surface area contributed by atoms with E-state index in [4.69, 9.17) is 22.1 Å². The average molecular weight is 230 g/mol. The molecule has 0 aromatic heterocycles. The minimum absolute atomic E-state index is 0.393. The molecule has 82 valence electrons. The quantitative estimate of drug-likeness (QED) is 0.635. The summed E-state index contributed by atoms with van der Waals surface area (Å²) in [7, 11) is 1.30. The van der Waals surface area contributed by atoms with Gasteiger partial charge in [-0.2, -0.15) is 0 Å². The molecule has 0 heterocycles. The second kappa shape index (κ2) is 4.89. The lowest BCUT2D eigenvalue weighted by Gasteiger charge is -2.12. The van der Waals surface area contributed by atoms with Gasteiger partial charge in [0.1, 0.15) is 5.75 Å². The minimum Gasteiger partial charge on any atom is -0.479 e. The van der Waals surface area contributed by atoms with E-state index in [-0.39, 0.29) is 0 Å². The number of nitrogens with two attached hydrogens (primary N) is 1. The number of hydrogen-bond donors (Lipinski definition) is 1. The van der Waals surface area contributed by atoms with Crippen LogP contribution in [-0.2, 0) is 9.53 Å². The first-order chi connectivity index (χ1) is 7.04. The van der Waals surface area contributed by atoms with Gasteiger partial charge in [0.25, 0.3) is 0 Å². The lowest BCUT2D eigenvalue weighted by molar-refractivity contribution is -0.147. The standard InChI is InChI=1S/C10H12ClNO3/c1-6(10(13)14-2)15-7-3-4-9(12)8(11)5-7/h3-6H,12H2,1-2H3. The van der Waals surface area contributed by atoms with Crippen LogP contribution < -0.4 is 10.5 Å². The largest absolute Gasteiger partial charge is 0.479 e. The number of hydrogen-bond acceptors (Lipinski definition) is 4. The smallest absolute Gasteiger partial charge is 0.346 e. The molecule has 0 amide bonds. The summed E-state index contributed by atoms with van der Waals surface area (Å²) in [4.78, 5) is 11.1. The third-order valence-electron chi connectivity index (χ3n) is 1.82. The van der Waals surface area contributed by atoms with Crippen molar-refractivity contribution in [2.45, 2.75) is 13.0 Å². The van der Waals surface area contributed by atoms with Gasteiger partial charge in [-0.3, -0.25) is 0 Å². The van der Waals surface area contributed by atoms with Crippen LogP contribution in [0.15, 0.2) is 18.2 Å². The fraction of sp³-hybridized carbons (Fsp3) is 0.300. The lowest BCUT2D eigenvalue weighted by atomic mass is 10.3. The van der Waals surface area contributed by atoms with Crippen LogP contribution in [0.3, 0.4) is 0 Å². The van der Waals surface area contributed by atoms with Crippen LogP contribution in [0.1, 0.15) is 6.92 Å². The molecule has 1 unspecified atom stereocenters. The zero-order valence-electron chi connectivity index (χ0n) is 8.49. The summed E-state index contributed by atoms with van der Waals surface area (Å²) in [5, 5.41) is 0.393. The van der Waals surface area contributed by atoms with Gasteiger partial charge in [0.05, 0.1) is 17.8 Å². The molecule has 2 N–H and O–H groups in total. The molecule has 0 aliphatic heterocycles. The maximum Gasteiger partial charge on any atom is 0.346 e. The Bertz CT molecular complexity index is 368. The molecular formula is C10H12ClNO3. The molecule has 1 aromatic carbocycles. The van der Waals surface area contributed by atoms with E-state index in [1.807, 2.05) is 0 Å². The van der Waals surface area contributed by atoms with Crippen molar-refractivity contribution in [1.29, 1.82) is 0 Å². The SMILES string of the molecule is COC(=O)C(C)Oc1ccc(N)c(Cl)c1. The number of rotatable bonds is 3. The highest BCUT2D eigenvalue weighted by atomic mass is 35.5. The topological polar surface area (TPSA) is 61.5 Å². The Kier molecular flexibility index (Phi) is 3.80. The van der Waals surface area contributed by atoms with E-state index in [0.29, 0.717) is 16.5 Å². The summed E-state index contributed by atoms with van der Waals surface area (Å²) >= 11 is 5.79. The van der Waals surface area contributed by atoms with Gasteiger partial charge in [0.2, 0.25) is 0 Å². The van der Waals surface area contributed by atoms with Crippen LogP contribution in [-0.4, -0.2) is 19.2 Å². The number of esters is 1. The van der Waals surface area contributed by atoms with Crippen LogP contribution in [0.4, 0.5) is 5.69 Å². The molecule has 15 heavy (non-hydrogen) atoms. The number of nitrogen functional groups attached to an aromatic ring is 1. The molecule has 0 aliphatic carbocycles. The molecule has 0 saturated carbocycles. The van der Waals surface area contributed by atoms with Crippen LogP contribution in [0, 0.1) is 0 Å². The van der Waals surface area contributed by atoms with Gasteiger partial charge in [-0.1, -0.05) is 11.6 Å². The van der Waals surface area contributed by atoms with Crippen LogP contribution in [0.5, 0.6) is 5.75 Å². The number of benzene rings is 1. The zero-order valence-corrected chi connectivity index (χ0v) is 9.25. The maximum absolute atomic E-state index is 11.1. The molecule has 0 aliphatic rings. The fourth-order valence-corrected chi connectivity index (χ4v) is 1.17. The number of halogens is 1. The number of ether oxygens (including phenoxy) is 2. The van der Waals surface area contributed by atoms with Crippen molar-refractivity contribution in [3.8, 4) is 5.75 Å². The van der Waals surface area contributed by atoms with Gasteiger partial charge in [-0.05, 0) is 19.1 Å². The van der Waals surface area contributed by atoms with E-state index in [2.05, 4.69) is 4.74 Å². The normalized spacial score (nSPS) is 11.9. The summed E-state index contributed by atoms with van der Waals surface area (Å²) in [6, 6.07) is 4.80. The Hall–Kier alpha value is -1.42. The van der Waals surface area contributed by atoms with Crippen LogP contribution in [0.25, 0.3) is 0 Å². The second-order valence-corrected chi connectivity index (χ2v) is 3.37. The highest BCUT2D eigenvalue weighted by Gasteiger charge is 2.14. The summed E-state index contributed by atoms with van der Waals surface area (Å²) < 4.78 is 9.80. The summed E-state index contributed by atoms with van der Waals surface area (Å²) in [5.74, 6) is 0.0371. The fourth-order valence-electron chi connectivity index (χ4n) is 0.999. The monoisotopic (exact) mass is 229 g/mol. The Morgan fingerprint density at radius 2 is 2.20 bits per heavy atom. The van der Waals surface area contributed by atoms with Gasteiger partial charge in [0.15, 0.2) is 6.10 Å². The van der Waals surface area contributed by atoms with Gasteiger partial charge >= 0.3 is 5.97 Å². The van der Waals surface area contributed by atoms with Gasteiger partial charge < -0.3 is 15.2 Å². The van der Waals surface area contributed by atoms with Crippen molar-refractivity contribution in [2.75, 3.05) is 12.8 Å². The van der Waals surface area contributed by atoms with E-state index in [1.165, 1.54) is 7.11 Å². The Morgan fingerprint density at radius 1 is 1.53 bits per heavy atom. The molecule has 1 rings (SSSR count). The van der Waals surface area contributed by atoms with Crippen LogP contribution in [0.2, 0.25) is 5.02 Å². The third kappa shape index (κ3) is 3.02. The first-order valence-corrected chi connectivity index (χ1v) is 4.72. The van der Waals surface area contributed by atoms with E-state index in [9.17, 15) is 4.79 Å².